The van der Waals surface area contributed by atoms with Crippen LogP contribution in [0.3, 0.4) is 0 Å². The Bertz CT molecular complexity index is 133. The Balaban J connectivity index is 3.16. The van der Waals surface area contributed by atoms with Gasteiger partial charge in [0.25, 0.3) is 0 Å². The zero-order valence-electron chi connectivity index (χ0n) is 10.5. The number of thioether (sulfide) groups is 1. The van der Waals surface area contributed by atoms with Gasteiger partial charge in [-0.2, -0.15) is 11.8 Å². The first kappa shape index (κ1) is 15.3. The van der Waals surface area contributed by atoms with Gasteiger partial charge in [0.15, 0.2) is 0 Å². The second-order valence-corrected chi connectivity index (χ2v) is 5.51. The summed E-state index contributed by atoms with van der Waals surface area (Å²) in [4.78, 5) is 0. The molecular formula is C12H27NOS. The van der Waals surface area contributed by atoms with E-state index in [-0.39, 0.29) is 0 Å². The summed E-state index contributed by atoms with van der Waals surface area (Å²) in [6.07, 6.45) is 3.76. The highest BCUT2D eigenvalue weighted by Crippen LogP contribution is 2.10. The number of aliphatic hydroxyl groups is 1. The quantitative estimate of drug-likeness (QED) is 0.569. The van der Waals surface area contributed by atoms with Gasteiger partial charge in [0, 0.05) is 12.6 Å². The van der Waals surface area contributed by atoms with Crippen molar-refractivity contribution in [1.29, 1.82) is 0 Å². The highest BCUT2D eigenvalue weighted by molar-refractivity contribution is 7.99. The van der Waals surface area contributed by atoms with E-state index in [1.807, 2.05) is 11.8 Å². The molecule has 0 aromatic rings. The average molecular weight is 233 g/mol. The van der Waals surface area contributed by atoms with Gasteiger partial charge in [-0.05, 0) is 50.2 Å². The summed E-state index contributed by atoms with van der Waals surface area (Å²) in [5.41, 5.74) is 0. The molecule has 92 valence electrons. The van der Waals surface area contributed by atoms with E-state index in [9.17, 15) is 0 Å². The van der Waals surface area contributed by atoms with Gasteiger partial charge >= 0.3 is 0 Å². The highest BCUT2D eigenvalue weighted by Gasteiger charge is 2.02. The molecule has 0 aromatic heterocycles. The van der Waals surface area contributed by atoms with Crippen molar-refractivity contribution >= 4 is 11.8 Å². The lowest BCUT2D eigenvalue weighted by atomic mass is 10.2. The number of rotatable bonds is 10. The van der Waals surface area contributed by atoms with Crippen LogP contribution >= 0.6 is 11.8 Å². The molecule has 0 radical (unpaired) electrons. The number of nitrogens with one attached hydrogen (secondary N) is 1. The van der Waals surface area contributed by atoms with Crippen molar-refractivity contribution in [2.24, 2.45) is 5.92 Å². The van der Waals surface area contributed by atoms with E-state index in [0.717, 1.165) is 12.3 Å². The Morgan fingerprint density at radius 3 is 2.67 bits per heavy atom. The molecule has 0 saturated heterocycles. The topological polar surface area (TPSA) is 32.3 Å². The molecule has 0 rings (SSSR count). The first-order valence-electron chi connectivity index (χ1n) is 6.12. The largest absolute Gasteiger partial charge is 0.396 e. The van der Waals surface area contributed by atoms with Crippen LogP contribution in [-0.4, -0.2) is 35.8 Å². The van der Waals surface area contributed by atoms with E-state index in [4.69, 9.17) is 5.11 Å². The lowest BCUT2D eigenvalue weighted by molar-refractivity contribution is 0.250. The zero-order valence-corrected chi connectivity index (χ0v) is 11.3. The predicted molar refractivity (Wildman–Crippen MR) is 70.6 cm³/mol. The molecule has 2 atom stereocenters. The Morgan fingerprint density at radius 2 is 2.07 bits per heavy atom. The van der Waals surface area contributed by atoms with Crippen LogP contribution in [0.5, 0.6) is 0 Å². The number of aliphatic hydroxyl groups excluding tert-OH is 1. The van der Waals surface area contributed by atoms with E-state index in [1.54, 1.807) is 0 Å². The molecule has 0 aromatic carbocycles. The van der Waals surface area contributed by atoms with Gasteiger partial charge in [-0.3, -0.25) is 0 Å². The third-order valence-electron chi connectivity index (χ3n) is 2.38. The van der Waals surface area contributed by atoms with Crippen LogP contribution in [0.4, 0.5) is 0 Å². The molecule has 0 heterocycles. The maximum atomic E-state index is 8.85. The first-order valence-corrected chi connectivity index (χ1v) is 7.28. The summed E-state index contributed by atoms with van der Waals surface area (Å²) >= 11 is 1.96. The van der Waals surface area contributed by atoms with E-state index in [1.165, 1.54) is 25.0 Å². The SMILES string of the molecule is CCCNC(C)CCCSCC(C)CO. The molecule has 0 amide bonds. The molecule has 0 bridgehead atoms. The fourth-order valence-electron chi connectivity index (χ4n) is 1.32. The summed E-state index contributed by atoms with van der Waals surface area (Å²) in [6.45, 7) is 8.01. The van der Waals surface area contributed by atoms with Gasteiger partial charge in [0.2, 0.25) is 0 Å². The van der Waals surface area contributed by atoms with Crippen molar-refractivity contribution < 1.29 is 5.11 Å². The van der Waals surface area contributed by atoms with Crippen LogP contribution in [0.1, 0.15) is 40.0 Å². The van der Waals surface area contributed by atoms with Crippen LogP contribution in [0, 0.1) is 5.92 Å². The maximum absolute atomic E-state index is 8.85. The summed E-state index contributed by atoms with van der Waals surface area (Å²) in [7, 11) is 0. The highest BCUT2D eigenvalue weighted by atomic mass is 32.2. The van der Waals surface area contributed by atoms with Crippen molar-refractivity contribution in [3.05, 3.63) is 0 Å². The summed E-state index contributed by atoms with van der Waals surface area (Å²) in [6, 6.07) is 0.654. The standard InChI is InChI=1S/C12H27NOS/c1-4-7-13-12(3)6-5-8-15-10-11(2)9-14/h11-14H,4-10H2,1-3H3. The fourth-order valence-corrected chi connectivity index (χ4v) is 2.37. The van der Waals surface area contributed by atoms with Crippen molar-refractivity contribution in [3.63, 3.8) is 0 Å². The lowest BCUT2D eigenvalue weighted by Gasteiger charge is -2.13. The molecule has 2 N–H and O–H groups in total. The molecule has 2 unspecified atom stereocenters. The molecule has 0 aliphatic carbocycles. The average Bonchev–Trinajstić information content (AvgIpc) is 2.25. The molecule has 0 aliphatic heterocycles. The maximum Gasteiger partial charge on any atom is 0.0464 e. The second kappa shape index (κ2) is 10.8. The normalized spacial score (nSPS) is 15.2. The fraction of sp³-hybridized carbons (Fsp3) is 1.00. The van der Waals surface area contributed by atoms with Crippen molar-refractivity contribution in [3.8, 4) is 0 Å². The Morgan fingerprint density at radius 1 is 1.33 bits per heavy atom. The van der Waals surface area contributed by atoms with E-state index >= 15 is 0 Å². The summed E-state index contributed by atoms with van der Waals surface area (Å²) in [5, 5.41) is 12.3. The van der Waals surface area contributed by atoms with E-state index < -0.39 is 0 Å². The molecule has 2 nitrogen and oxygen atoms in total. The predicted octanol–water partition coefficient (Wildman–Crippen LogP) is 2.52. The van der Waals surface area contributed by atoms with Crippen LogP contribution in [-0.2, 0) is 0 Å². The van der Waals surface area contributed by atoms with Crippen LogP contribution in [0.15, 0.2) is 0 Å². The Hall–Kier alpha value is 0.270. The number of hydrogen-bond donors (Lipinski definition) is 2. The molecule has 0 fully saturated rings. The third kappa shape index (κ3) is 10.6. The van der Waals surface area contributed by atoms with E-state index in [2.05, 4.69) is 26.1 Å². The van der Waals surface area contributed by atoms with Gasteiger partial charge in [0.1, 0.15) is 0 Å². The minimum atomic E-state index is 0.321. The van der Waals surface area contributed by atoms with Gasteiger partial charge in [-0.15, -0.1) is 0 Å². The molecule has 0 spiro atoms. The zero-order chi connectivity index (χ0) is 11.5. The summed E-state index contributed by atoms with van der Waals surface area (Å²) < 4.78 is 0. The number of hydrogen-bond acceptors (Lipinski definition) is 3. The molecule has 3 heteroatoms. The van der Waals surface area contributed by atoms with Crippen molar-refractivity contribution in [2.75, 3.05) is 24.7 Å². The summed E-state index contributed by atoms with van der Waals surface area (Å²) in [5.74, 6) is 2.76. The van der Waals surface area contributed by atoms with E-state index in [0.29, 0.717) is 18.6 Å². The Kier molecular flexibility index (Phi) is 11.0. The van der Waals surface area contributed by atoms with Gasteiger partial charge in [-0.25, -0.2) is 0 Å². The minimum absolute atomic E-state index is 0.321. The molecular weight excluding hydrogens is 206 g/mol. The van der Waals surface area contributed by atoms with Crippen molar-refractivity contribution in [1.82, 2.24) is 5.32 Å². The van der Waals surface area contributed by atoms with Crippen LogP contribution in [0.25, 0.3) is 0 Å². The smallest absolute Gasteiger partial charge is 0.0464 e. The molecule has 0 aliphatic rings. The Labute approximate surface area is 99.2 Å². The molecule has 0 saturated carbocycles. The van der Waals surface area contributed by atoms with Gasteiger partial charge < -0.3 is 10.4 Å². The first-order chi connectivity index (χ1) is 7.20. The second-order valence-electron chi connectivity index (χ2n) is 4.36. The molecule has 15 heavy (non-hydrogen) atoms. The lowest BCUT2D eigenvalue weighted by Crippen LogP contribution is -2.26. The minimum Gasteiger partial charge on any atom is -0.396 e. The monoisotopic (exact) mass is 233 g/mol. The third-order valence-corrected chi connectivity index (χ3v) is 3.76. The van der Waals surface area contributed by atoms with Crippen LogP contribution < -0.4 is 5.32 Å². The van der Waals surface area contributed by atoms with Gasteiger partial charge in [0.05, 0.1) is 0 Å². The van der Waals surface area contributed by atoms with Crippen LogP contribution in [0.2, 0.25) is 0 Å². The van der Waals surface area contributed by atoms with Gasteiger partial charge in [-0.1, -0.05) is 13.8 Å². The van der Waals surface area contributed by atoms with Crippen molar-refractivity contribution in [2.45, 2.75) is 46.1 Å².